The molecule has 21 heavy (non-hydrogen) atoms. The second-order valence-electron chi connectivity index (χ2n) is 4.74. The molecule has 0 atom stereocenters. The molecule has 0 spiro atoms. The van der Waals surface area contributed by atoms with Crippen LogP contribution in [0.15, 0.2) is 42.5 Å². The van der Waals surface area contributed by atoms with Crippen LogP contribution in [0.5, 0.6) is 11.5 Å². The van der Waals surface area contributed by atoms with E-state index in [-0.39, 0.29) is 13.3 Å². The first-order valence-corrected chi connectivity index (χ1v) is 6.59. The molecule has 0 unspecified atom stereocenters. The number of fused-ring (bicyclic) bond motifs is 2. The van der Waals surface area contributed by atoms with Gasteiger partial charge < -0.3 is 14.0 Å². The average molecular weight is 277 g/mol. The number of aromatic nitrogens is 2. The smallest absolute Gasteiger partial charge is 0.231 e. The van der Waals surface area contributed by atoms with Gasteiger partial charge in [0.15, 0.2) is 11.5 Å². The normalized spacial score (nSPS) is 12.5. The zero-order valence-electron chi connectivity index (χ0n) is 11.1. The molecule has 1 aliphatic rings. The first-order valence-electron chi connectivity index (χ1n) is 6.59. The van der Waals surface area contributed by atoms with Gasteiger partial charge in [-0.1, -0.05) is 30.3 Å². The van der Waals surface area contributed by atoms with Gasteiger partial charge in [-0.05, 0) is 0 Å². The molecule has 5 nitrogen and oxygen atoms in total. The maximum atomic E-state index is 9.11. The lowest BCUT2D eigenvalue weighted by atomic mass is 10.2. The van der Waals surface area contributed by atoms with Gasteiger partial charge in [0, 0.05) is 17.7 Å². The zero-order valence-corrected chi connectivity index (χ0v) is 11.1. The highest BCUT2D eigenvalue weighted by Gasteiger charge is 2.19. The van der Waals surface area contributed by atoms with Crippen LogP contribution >= 0.6 is 0 Å². The van der Waals surface area contributed by atoms with Crippen molar-refractivity contribution in [3.63, 3.8) is 0 Å². The van der Waals surface area contributed by atoms with Crippen LogP contribution in [0, 0.1) is 11.3 Å². The second-order valence-corrected chi connectivity index (χ2v) is 4.74. The summed E-state index contributed by atoms with van der Waals surface area (Å²) in [6.07, 6.45) is 0. The van der Waals surface area contributed by atoms with Gasteiger partial charge in [0.05, 0.1) is 17.1 Å². The molecular weight excluding hydrogens is 266 g/mol. The van der Waals surface area contributed by atoms with Gasteiger partial charge in [-0.2, -0.15) is 5.26 Å². The van der Waals surface area contributed by atoms with Crippen LogP contribution in [-0.2, 0) is 6.54 Å². The Balaban J connectivity index is 1.99. The Morgan fingerprint density at radius 1 is 1.14 bits per heavy atom. The highest BCUT2D eigenvalue weighted by Crippen LogP contribution is 2.37. The van der Waals surface area contributed by atoms with E-state index < -0.39 is 0 Å². The van der Waals surface area contributed by atoms with Gasteiger partial charge in [-0.25, -0.2) is 4.98 Å². The second kappa shape index (κ2) is 4.53. The van der Waals surface area contributed by atoms with Crippen LogP contribution in [-0.4, -0.2) is 16.3 Å². The van der Waals surface area contributed by atoms with E-state index in [1.165, 1.54) is 0 Å². The number of hydrogen-bond donors (Lipinski definition) is 0. The fourth-order valence-corrected chi connectivity index (χ4v) is 2.55. The minimum absolute atomic E-state index is 0.228. The van der Waals surface area contributed by atoms with Gasteiger partial charge in [-0.15, -0.1) is 0 Å². The predicted molar refractivity (Wildman–Crippen MR) is 76.9 cm³/mol. The van der Waals surface area contributed by atoms with Crippen LogP contribution in [0.25, 0.3) is 22.4 Å². The molecule has 0 amide bonds. The Kier molecular flexibility index (Phi) is 2.54. The maximum Gasteiger partial charge on any atom is 0.231 e. The Hall–Kier alpha value is -3.00. The standard InChI is InChI=1S/C16H11N3O2/c17-6-7-19-13-9-15-14(20-10-21-15)8-12(13)18-16(19)11-4-2-1-3-5-11/h1-5,8-9H,7,10H2. The summed E-state index contributed by atoms with van der Waals surface area (Å²) < 4.78 is 12.7. The fourth-order valence-electron chi connectivity index (χ4n) is 2.55. The third kappa shape index (κ3) is 1.81. The molecule has 0 bridgehead atoms. The minimum atomic E-state index is 0.228. The molecule has 1 aromatic heterocycles. The molecular formula is C16H11N3O2. The lowest BCUT2D eigenvalue weighted by molar-refractivity contribution is 0.174. The maximum absolute atomic E-state index is 9.11. The van der Waals surface area contributed by atoms with Gasteiger partial charge in [0.25, 0.3) is 0 Å². The third-order valence-electron chi connectivity index (χ3n) is 3.50. The van der Waals surface area contributed by atoms with Crippen molar-refractivity contribution in [3.8, 4) is 29.0 Å². The van der Waals surface area contributed by atoms with E-state index in [9.17, 15) is 0 Å². The van der Waals surface area contributed by atoms with Crippen LogP contribution in [0.2, 0.25) is 0 Å². The SMILES string of the molecule is N#CCn1c(-c2ccccc2)nc2cc3c(cc21)OCO3. The quantitative estimate of drug-likeness (QED) is 0.722. The van der Waals surface area contributed by atoms with Crippen molar-refractivity contribution in [2.75, 3.05) is 6.79 Å². The molecule has 2 heterocycles. The topological polar surface area (TPSA) is 60.1 Å². The molecule has 2 aromatic carbocycles. The molecule has 3 aromatic rings. The van der Waals surface area contributed by atoms with Crippen molar-refractivity contribution in [2.24, 2.45) is 0 Å². The number of imidazole rings is 1. The van der Waals surface area contributed by atoms with Crippen LogP contribution in [0.3, 0.4) is 0 Å². The number of nitrogens with zero attached hydrogens (tertiary/aromatic N) is 3. The summed E-state index contributed by atoms with van der Waals surface area (Å²) in [6.45, 7) is 0.464. The summed E-state index contributed by atoms with van der Waals surface area (Å²) in [5.74, 6) is 2.17. The molecule has 102 valence electrons. The van der Waals surface area contributed by atoms with E-state index in [1.807, 2.05) is 47.0 Å². The van der Waals surface area contributed by atoms with Gasteiger partial charge in [0.1, 0.15) is 12.4 Å². The largest absolute Gasteiger partial charge is 0.454 e. The lowest BCUT2D eigenvalue weighted by Crippen LogP contribution is -1.98. The van der Waals surface area contributed by atoms with Gasteiger partial charge in [-0.3, -0.25) is 0 Å². The fraction of sp³-hybridized carbons (Fsp3) is 0.125. The molecule has 0 fully saturated rings. The highest BCUT2D eigenvalue weighted by molar-refractivity contribution is 5.84. The number of rotatable bonds is 2. The Morgan fingerprint density at radius 2 is 1.90 bits per heavy atom. The first kappa shape index (κ1) is 11.8. The highest BCUT2D eigenvalue weighted by atomic mass is 16.7. The monoisotopic (exact) mass is 277 g/mol. The van der Waals surface area contributed by atoms with E-state index in [0.717, 1.165) is 22.4 Å². The Morgan fingerprint density at radius 3 is 2.67 bits per heavy atom. The number of hydrogen-bond acceptors (Lipinski definition) is 4. The predicted octanol–water partition coefficient (Wildman–Crippen LogP) is 2.96. The van der Waals surface area contributed by atoms with Gasteiger partial charge >= 0.3 is 0 Å². The average Bonchev–Trinajstić information content (AvgIpc) is 3.11. The number of nitriles is 1. The minimum Gasteiger partial charge on any atom is -0.454 e. The Bertz CT molecular complexity index is 863. The first-order chi connectivity index (χ1) is 10.4. The summed E-state index contributed by atoms with van der Waals surface area (Å²) in [6, 6.07) is 15.8. The summed E-state index contributed by atoms with van der Waals surface area (Å²) in [4.78, 5) is 4.66. The van der Waals surface area contributed by atoms with Crippen LogP contribution < -0.4 is 9.47 Å². The molecule has 4 rings (SSSR count). The van der Waals surface area contributed by atoms with Crippen molar-refractivity contribution in [3.05, 3.63) is 42.5 Å². The number of benzene rings is 2. The molecule has 0 N–H and O–H groups in total. The molecule has 0 saturated heterocycles. The Labute approximate surface area is 121 Å². The van der Waals surface area contributed by atoms with Crippen LogP contribution in [0.4, 0.5) is 0 Å². The zero-order chi connectivity index (χ0) is 14.2. The summed E-state index contributed by atoms with van der Waals surface area (Å²) in [5.41, 5.74) is 2.65. The molecule has 0 saturated carbocycles. The molecule has 5 heteroatoms. The summed E-state index contributed by atoms with van der Waals surface area (Å²) >= 11 is 0. The van der Waals surface area contributed by atoms with E-state index in [4.69, 9.17) is 14.7 Å². The molecule has 0 radical (unpaired) electrons. The lowest BCUT2D eigenvalue weighted by Gasteiger charge is -2.04. The summed E-state index contributed by atoms with van der Waals surface area (Å²) in [5, 5.41) is 9.11. The van der Waals surface area contributed by atoms with E-state index in [2.05, 4.69) is 11.1 Å². The third-order valence-corrected chi connectivity index (χ3v) is 3.50. The van der Waals surface area contributed by atoms with E-state index >= 15 is 0 Å². The van der Waals surface area contributed by atoms with Crippen molar-refractivity contribution < 1.29 is 9.47 Å². The molecule has 0 aliphatic carbocycles. The van der Waals surface area contributed by atoms with Crippen molar-refractivity contribution in [2.45, 2.75) is 6.54 Å². The number of ether oxygens (including phenoxy) is 2. The van der Waals surface area contributed by atoms with E-state index in [0.29, 0.717) is 11.5 Å². The van der Waals surface area contributed by atoms with Gasteiger partial charge in [0.2, 0.25) is 6.79 Å². The van der Waals surface area contributed by atoms with E-state index in [1.54, 1.807) is 0 Å². The van der Waals surface area contributed by atoms with Crippen molar-refractivity contribution >= 4 is 11.0 Å². The van der Waals surface area contributed by atoms with Crippen molar-refractivity contribution in [1.82, 2.24) is 9.55 Å². The van der Waals surface area contributed by atoms with Crippen molar-refractivity contribution in [1.29, 1.82) is 5.26 Å². The molecule has 1 aliphatic heterocycles. The summed E-state index contributed by atoms with van der Waals surface area (Å²) in [7, 11) is 0. The van der Waals surface area contributed by atoms with Crippen LogP contribution in [0.1, 0.15) is 0 Å².